The van der Waals surface area contributed by atoms with Crippen molar-refractivity contribution in [2.45, 2.75) is 33.6 Å². The number of ether oxygens (including phenoxy) is 2. The van der Waals surface area contributed by atoms with Gasteiger partial charge in [-0.25, -0.2) is 5.43 Å². The zero-order valence-corrected chi connectivity index (χ0v) is 18.6. The smallest absolute Gasteiger partial charge is 0.277 e. The Bertz CT molecular complexity index is 866. The summed E-state index contributed by atoms with van der Waals surface area (Å²) in [6, 6.07) is 9.39. The van der Waals surface area contributed by atoms with Crippen LogP contribution < -0.4 is 14.9 Å². The van der Waals surface area contributed by atoms with Gasteiger partial charge in [0.05, 0.1) is 16.4 Å². The number of carbonyl (C=O) groups excluding carboxylic acids is 1. The molecule has 0 aliphatic carbocycles. The Morgan fingerprint density at radius 2 is 2.00 bits per heavy atom. The minimum Gasteiger partial charge on any atom is -0.504 e. The summed E-state index contributed by atoms with van der Waals surface area (Å²) in [7, 11) is 0. The third-order valence-corrected chi connectivity index (χ3v) is 4.73. The van der Waals surface area contributed by atoms with Crippen molar-refractivity contribution < 1.29 is 19.4 Å². The van der Waals surface area contributed by atoms with E-state index in [0.717, 1.165) is 11.1 Å². The zero-order chi connectivity index (χ0) is 20.7. The third-order valence-electron chi connectivity index (χ3n) is 3.90. The molecule has 2 N–H and O–H groups in total. The van der Waals surface area contributed by atoms with Crippen molar-refractivity contribution in [2.24, 2.45) is 5.10 Å². The molecule has 28 heavy (non-hydrogen) atoms. The average molecular weight is 496 g/mol. The molecule has 0 heterocycles. The van der Waals surface area contributed by atoms with E-state index in [-0.39, 0.29) is 18.3 Å². The molecule has 0 unspecified atom stereocenters. The Labute approximate surface area is 179 Å². The molecule has 0 saturated heterocycles. The monoisotopic (exact) mass is 496 g/mol. The lowest BCUT2D eigenvalue weighted by Gasteiger charge is -2.14. The molecule has 0 aliphatic rings. The maximum absolute atomic E-state index is 12.0. The minimum absolute atomic E-state index is 0.0937. The fourth-order valence-electron chi connectivity index (χ4n) is 2.53. The summed E-state index contributed by atoms with van der Waals surface area (Å²) in [5, 5.41) is 13.9. The van der Waals surface area contributed by atoms with Crippen molar-refractivity contribution in [2.75, 3.05) is 13.2 Å². The molecular formula is C21H25IN2O4. The molecule has 0 aliphatic heterocycles. The molecular weight excluding hydrogens is 471 g/mol. The predicted molar refractivity (Wildman–Crippen MR) is 118 cm³/mol. The van der Waals surface area contributed by atoms with E-state index in [1.54, 1.807) is 12.1 Å². The first-order valence-corrected chi connectivity index (χ1v) is 10.1. The average Bonchev–Trinajstić information content (AvgIpc) is 2.64. The third kappa shape index (κ3) is 6.12. The van der Waals surface area contributed by atoms with Crippen LogP contribution in [0.25, 0.3) is 0 Å². The second kappa shape index (κ2) is 10.3. The molecule has 0 radical (unpaired) electrons. The molecule has 150 valence electrons. The standard InChI is InChI=1S/C21H25IN2O4/c1-5-27-19-10-15(9-17(22)21(19)26)11-23-24-20(25)12-28-18-8-14(4)6-7-16(18)13(2)3/h6-11,13,26H,5,12H2,1-4H3,(H,24,25). The Morgan fingerprint density at radius 3 is 2.68 bits per heavy atom. The molecule has 1 amide bonds. The molecule has 2 rings (SSSR count). The second-order valence-corrected chi connectivity index (χ2v) is 7.72. The maximum Gasteiger partial charge on any atom is 0.277 e. The van der Waals surface area contributed by atoms with Crippen LogP contribution in [-0.4, -0.2) is 30.4 Å². The van der Waals surface area contributed by atoms with Gasteiger partial charge in [0.2, 0.25) is 0 Å². The van der Waals surface area contributed by atoms with Crippen LogP contribution in [-0.2, 0) is 4.79 Å². The first-order chi connectivity index (χ1) is 13.3. The molecule has 0 spiro atoms. The number of hydrazone groups is 1. The van der Waals surface area contributed by atoms with Crippen LogP contribution in [0, 0.1) is 10.5 Å². The first kappa shape index (κ1) is 22.0. The van der Waals surface area contributed by atoms with Gasteiger partial charge in [0.1, 0.15) is 5.75 Å². The van der Waals surface area contributed by atoms with Crippen LogP contribution in [0.15, 0.2) is 35.4 Å². The topological polar surface area (TPSA) is 80.2 Å². The van der Waals surface area contributed by atoms with Gasteiger partial charge < -0.3 is 14.6 Å². The SMILES string of the molecule is CCOc1cc(C=NNC(=O)COc2cc(C)ccc2C(C)C)cc(I)c1O. The van der Waals surface area contributed by atoms with Crippen molar-refractivity contribution >= 4 is 34.7 Å². The van der Waals surface area contributed by atoms with Gasteiger partial charge in [0, 0.05) is 0 Å². The molecule has 0 atom stereocenters. The number of phenolic OH excluding ortho intramolecular Hbond substituents is 1. The number of phenols is 1. The van der Waals surface area contributed by atoms with Crippen molar-refractivity contribution in [1.29, 1.82) is 0 Å². The van der Waals surface area contributed by atoms with Gasteiger partial charge in [0.15, 0.2) is 18.1 Å². The number of carbonyl (C=O) groups is 1. The Balaban J connectivity index is 1.97. The van der Waals surface area contributed by atoms with Gasteiger partial charge in [-0.2, -0.15) is 5.10 Å². The number of aromatic hydroxyl groups is 1. The zero-order valence-electron chi connectivity index (χ0n) is 16.5. The van der Waals surface area contributed by atoms with E-state index in [0.29, 0.717) is 33.2 Å². The number of benzene rings is 2. The lowest BCUT2D eigenvalue weighted by atomic mass is 10.0. The molecule has 7 heteroatoms. The summed E-state index contributed by atoms with van der Waals surface area (Å²) in [5.74, 6) is 1.13. The van der Waals surface area contributed by atoms with Crippen LogP contribution in [0.1, 0.15) is 43.4 Å². The van der Waals surface area contributed by atoms with Crippen LogP contribution in [0.3, 0.4) is 0 Å². The van der Waals surface area contributed by atoms with E-state index >= 15 is 0 Å². The highest BCUT2D eigenvalue weighted by Gasteiger charge is 2.11. The lowest BCUT2D eigenvalue weighted by Crippen LogP contribution is -2.25. The molecule has 0 saturated carbocycles. The molecule has 0 aromatic heterocycles. The van der Waals surface area contributed by atoms with Gasteiger partial charge in [-0.05, 0) is 77.2 Å². The summed E-state index contributed by atoms with van der Waals surface area (Å²) in [6.45, 7) is 8.30. The van der Waals surface area contributed by atoms with Gasteiger partial charge in [-0.1, -0.05) is 26.0 Å². The first-order valence-electron chi connectivity index (χ1n) is 9.02. The van der Waals surface area contributed by atoms with Gasteiger partial charge in [0.25, 0.3) is 5.91 Å². The lowest BCUT2D eigenvalue weighted by molar-refractivity contribution is -0.123. The summed E-state index contributed by atoms with van der Waals surface area (Å²) in [5.41, 5.74) is 5.28. The fourth-order valence-corrected chi connectivity index (χ4v) is 3.16. The van der Waals surface area contributed by atoms with E-state index in [9.17, 15) is 9.90 Å². The van der Waals surface area contributed by atoms with Gasteiger partial charge in [-0.15, -0.1) is 0 Å². The van der Waals surface area contributed by atoms with Crippen molar-refractivity contribution in [3.63, 3.8) is 0 Å². The van der Waals surface area contributed by atoms with Crippen molar-refractivity contribution in [3.8, 4) is 17.2 Å². The summed E-state index contributed by atoms with van der Waals surface area (Å²) in [4.78, 5) is 12.0. The second-order valence-electron chi connectivity index (χ2n) is 6.56. The van der Waals surface area contributed by atoms with Crippen LogP contribution >= 0.6 is 22.6 Å². The normalized spacial score (nSPS) is 11.1. The Kier molecular flexibility index (Phi) is 8.10. The molecule has 2 aromatic carbocycles. The highest BCUT2D eigenvalue weighted by Crippen LogP contribution is 2.32. The van der Waals surface area contributed by atoms with Crippen molar-refractivity contribution in [1.82, 2.24) is 5.43 Å². The van der Waals surface area contributed by atoms with E-state index < -0.39 is 0 Å². The highest BCUT2D eigenvalue weighted by molar-refractivity contribution is 14.1. The summed E-state index contributed by atoms with van der Waals surface area (Å²) in [6.07, 6.45) is 1.49. The van der Waals surface area contributed by atoms with E-state index in [4.69, 9.17) is 9.47 Å². The number of amides is 1. The molecule has 0 bridgehead atoms. The van der Waals surface area contributed by atoms with E-state index in [1.165, 1.54) is 6.21 Å². The molecule has 6 nitrogen and oxygen atoms in total. The maximum atomic E-state index is 12.0. The highest BCUT2D eigenvalue weighted by atomic mass is 127. The quantitative estimate of drug-likeness (QED) is 0.324. The van der Waals surface area contributed by atoms with Crippen LogP contribution in [0.5, 0.6) is 17.2 Å². The number of halogens is 1. The largest absolute Gasteiger partial charge is 0.504 e. The summed E-state index contributed by atoms with van der Waals surface area (Å²) < 4.78 is 11.7. The number of nitrogens with zero attached hydrogens (tertiary/aromatic N) is 1. The van der Waals surface area contributed by atoms with E-state index in [2.05, 4.69) is 24.4 Å². The number of hydrogen-bond acceptors (Lipinski definition) is 5. The molecule has 0 fully saturated rings. The Morgan fingerprint density at radius 1 is 1.25 bits per heavy atom. The van der Waals surface area contributed by atoms with Crippen LogP contribution in [0.4, 0.5) is 0 Å². The number of aryl methyl sites for hydroxylation is 1. The number of rotatable bonds is 8. The van der Waals surface area contributed by atoms with Crippen molar-refractivity contribution in [3.05, 3.63) is 50.6 Å². The number of hydrogen-bond donors (Lipinski definition) is 2. The van der Waals surface area contributed by atoms with Gasteiger partial charge >= 0.3 is 0 Å². The van der Waals surface area contributed by atoms with Crippen LogP contribution in [0.2, 0.25) is 0 Å². The summed E-state index contributed by atoms with van der Waals surface area (Å²) >= 11 is 2.01. The number of nitrogens with one attached hydrogen (secondary N) is 1. The van der Waals surface area contributed by atoms with Gasteiger partial charge in [-0.3, -0.25) is 4.79 Å². The fraction of sp³-hybridized carbons (Fsp3) is 0.333. The predicted octanol–water partition coefficient (Wildman–Crippen LogP) is 4.36. The Hall–Kier alpha value is -2.29. The molecule has 2 aromatic rings. The van der Waals surface area contributed by atoms with E-state index in [1.807, 2.05) is 54.6 Å². The minimum atomic E-state index is -0.356.